The summed E-state index contributed by atoms with van der Waals surface area (Å²) in [7, 11) is -4.41. The Kier molecular flexibility index (Phi) is 69.7. The number of rotatable bonds is 65. The highest BCUT2D eigenvalue weighted by Crippen LogP contribution is 2.43. The first-order chi connectivity index (χ1) is 44.8. The van der Waals surface area contributed by atoms with Crippen LogP contribution in [0.1, 0.15) is 271 Å². The largest absolute Gasteiger partial charge is 0.472 e. The third-order valence-electron chi connectivity index (χ3n) is 14.5. The van der Waals surface area contributed by atoms with Crippen LogP contribution in [-0.4, -0.2) is 49.3 Å². The van der Waals surface area contributed by atoms with Gasteiger partial charge in [-0.3, -0.25) is 18.6 Å². The first-order valence-electron chi connectivity index (χ1n) is 35.9. The monoisotopic (exact) mass is 1280 g/mol. The standard InChI is InChI=1S/C81H130NO8P/c1-3-5-7-9-11-13-15-17-19-21-23-25-27-29-31-33-34-35-36-37-38-39-40-41-42-43-44-46-48-50-52-54-56-58-60-62-64-66-68-70-72-74-81(84)90-79(78-89-91(85,86)88-76-75-82)77-87-80(83)73-71-69-67-65-63-61-59-57-55-53-51-49-47-45-32-30-28-26-24-22-20-18-16-14-12-10-8-6-4-2/h5-8,11-14,17-20,23-26,29-32,34-35,37-38,40-41,47,49,53,55,59,61,79H,3-4,9-10,15-16,21-22,27-28,33,36,39,42-46,48,50-52,54,56-58,60,62-78,82H2,1-2H3,(H,85,86)/b7-5-,8-6-,13-11-,14-12-,19-17-,20-18-,25-23-,26-24-,31-29-,32-30-,35-34-,38-37-,41-40-,49-47-,55-53-,61-59-. The molecule has 2 unspecified atom stereocenters. The van der Waals surface area contributed by atoms with E-state index in [1.807, 2.05) is 0 Å². The fourth-order valence-electron chi connectivity index (χ4n) is 9.26. The fraction of sp³-hybridized carbons (Fsp3) is 0.580. The van der Waals surface area contributed by atoms with E-state index >= 15 is 0 Å². The van der Waals surface area contributed by atoms with E-state index in [1.54, 1.807) is 0 Å². The Balaban J connectivity index is 3.96. The van der Waals surface area contributed by atoms with Crippen LogP contribution in [0.25, 0.3) is 0 Å². The number of phosphoric ester groups is 1. The van der Waals surface area contributed by atoms with Gasteiger partial charge in [-0.15, -0.1) is 0 Å². The van der Waals surface area contributed by atoms with Gasteiger partial charge in [-0.05, 0) is 141 Å². The Bertz CT molecular complexity index is 2200. The lowest BCUT2D eigenvalue weighted by Gasteiger charge is -2.19. The summed E-state index contributed by atoms with van der Waals surface area (Å²) >= 11 is 0. The van der Waals surface area contributed by atoms with Gasteiger partial charge in [-0.1, -0.05) is 311 Å². The van der Waals surface area contributed by atoms with Gasteiger partial charge in [0, 0.05) is 19.4 Å². The number of carbonyl (C=O) groups excluding carboxylic acids is 2. The number of hydrogen-bond acceptors (Lipinski definition) is 8. The van der Waals surface area contributed by atoms with E-state index in [0.717, 1.165) is 148 Å². The van der Waals surface area contributed by atoms with Gasteiger partial charge in [-0.25, -0.2) is 4.57 Å². The van der Waals surface area contributed by atoms with Crippen molar-refractivity contribution in [3.05, 3.63) is 194 Å². The van der Waals surface area contributed by atoms with Gasteiger partial charge >= 0.3 is 19.8 Å². The van der Waals surface area contributed by atoms with Crippen LogP contribution in [-0.2, 0) is 32.7 Å². The number of esters is 2. The number of allylic oxidation sites excluding steroid dienone is 32. The topological polar surface area (TPSA) is 134 Å². The molecule has 0 amide bonds. The third-order valence-corrected chi connectivity index (χ3v) is 15.5. The summed E-state index contributed by atoms with van der Waals surface area (Å²) in [5.41, 5.74) is 5.40. The zero-order valence-electron chi connectivity index (χ0n) is 57.5. The third kappa shape index (κ3) is 73.8. The molecule has 512 valence electrons. The number of unbranched alkanes of at least 4 members (excludes halogenated alkanes) is 20. The van der Waals surface area contributed by atoms with Crippen LogP contribution in [0.2, 0.25) is 0 Å². The van der Waals surface area contributed by atoms with Gasteiger partial charge in [0.2, 0.25) is 0 Å². The minimum absolute atomic E-state index is 0.0407. The van der Waals surface area contributed by atoms with Crippen molar-refractivity contribution in [2.24, 2.45) is 5.73 Å². The molecule has 0 rings (SSSR count). The predicted octanol–water partition coefficient (Wildman–Crippen LogP) is 24.1. The quantitative estimate of drug-likeness (QED) is 0.0264. The van der Waals surface area contributed by atoms with E-state index in [9.17, 15) is 19.0 Å². The maximum absolute atomic E-state index is 12.8. The van der Waals surface area contributed by atoms with Crippen molar-refractivity contribution in [2.45, 2.75) is 277 Å². The van der Waals surface area contributed by atoms with Gasteiger partial charge in [0.1, 0.15) is 6.61 Å². The average molecular weight is 1280 g/mol. The first kappa shape index (κ1) is 85.8. The molecule has 10 heteroatoms. The molecule has 0 aromatic heterocycles. The van der Waals surface area contributed by atoms with Crippen molar-refractivity contribution in [2.75, 3.05) is 26.4 Å². The van der Waals surface area contributed by atoms with Gasteiger partial charge in [0.25, 0.3) is 0 Å². The summed E-state index contributed by atoms with van der Waals surface area (Å²) in [6, 6.07) is 0. The van der Waals surface area contributed by atoms with E-state index in [-0.39, 0.29) is 32.6 Å². The van der Waals surface area contributed by atoms with Crippen molar-refractivity contribution >= 4 is 19.8 Å². The number of ether oxygens (including phenoxy) is 2. The molecule has 9 nitrogen and oxygen atoms in total. The van der Waals surface area contributed by atoms with Crippen molar-refractivity contribution in [3.8, 4) is 0 Å². The highest BCUT2D eigenvalue weighted by Gasteiger charge is 2.26. The smallest absolute Gasteiger partial charge is 0.462 e. The summed E-state index contributed by atoms with van der Waals surface area (Å²) in [4.78, 5) is 35.4. The van der Waals surface area contributed by atoms with E-state index in [0.29, 0.717) is 12.8 Å². The summed E-state index contributed by atoms with van der Waals surface area (Å²) in [6.07, 6.45) is 112. The molecule has 0 heterocycles. The van der Waals surface area contributed by atoms with Crippen LogP contribution in [0.5, 0.6) is 0 Å². The number of phosphoric acid groups is 1. The second-order valence-electron chi connectivity index (χ2n) is 23.0. The molecule has 3 N–H and O–H groups in total. The molecular weight excluding hydrogens is 1150 g/mol. The maximum atomic E-state index is 12.8. The molecule has 0 aromatic rings. The van der Waals surface area contributed by atoms with Crippen LogP contribution in [0.3, 0.4) is 0 Å². The molecule has 0 radical (unpaired) electrons. The predicted molar refractivity (Wildman–Crippen MR) is 394 cm³/mol. The summed E-state index contributed by atoms with van der Waals surface area (Å²) < 4.78 is 33.2. The molecule has 0 aromatic carbocycles. The Labute approximate surface area is 557 Å². The second kappa shape index (κ2) is 73.9. The maximum Gasteiger partial charge on any atom is 0.472 e. The lowest BCUT2D eigenvalue weighted by Crippen LogP contribution is -2.29. The minimum Gasteiger partial charge on any atom is -0.462 e. The highest BCUT2D eigenvalue weighted by molar-refractivity contribution is 7.47. The van der Waals surface area contributed by atoms with Crippen LogP contribution >= 0.6 is 7.82 Å². The molecule has 0 aliphatic heterocycles. The van der Waals surface area contributed by atoms with E-state index < -0.39 is 32.5 Å². The Morgan fingerprint density at radius 1 is 0.330 bits per heavy atom. The molecule has 0 aliphatic rings. The molecular formula is C81H130NO8P. The van der Waals surface area contributed by atoms with E-state index in [1.165, 1.54) is 83.5 Å². The molecule has 0 bridgehead atoms. The lowest BCUT2D eigenvalue weighted by atomic mass is 10.0. The summed E-state index contributed by atoms with van der Waals surface area (Å²) in [6.45, 7) is 3.48. The summed E-state index contributed by atoms with van der Waals surface area (Å²) in [5, 5.41) is 0. The summed E-state index contributed by atoms with van der Waals surface area (Å²) in [5.74, 6) is -0.865. The van der Waals surface area contributed by atoms with Gasteiger partial charge in [0.05, 0.1) is 13.2 Å². The Morgan fingerprint density at radius 3 is 0.846 bits per heavy atom. The van der Waals surface area contributed by atoms with E-state index in [2.05, 4.69) is 208 Å². The molecule has 0 saturated heterocycles. The van der Waals surface area contributed by atoms with E-state index in [4.69, 9.17) is 24.3 Å². The molecule has 0 spiro atoms. The van der Waals surface area contributed by atoms with Crippen molar-refractivity contribution < 1.29 is 37.6 Å². The molecule has 2 atom stereocenters. The van der Waals surface area contributed by atoms with Crippen LogP contribution in [0, 0.1) is 0 Å². The molecule has 91 heavy (non-hydrogen) atoms. The second-order valence-corrected chi connectivity index (χ2v) is 24.4. The van der Waals surface area contributed by atoms with Gasteiger partial charge < -0.3 is 20.1 Å². The molecule has 0 fully saturated rings. The lowest BCUT2D eigenvalue weighted by molar-refractivity contribution is -0.161. The average Bonchev–Trinajstić information content (AvgIpc) is 3.74. The van der Waals surface area contributed by atoms with Crippen molar-refractivity contribution in [1.82, 2.24) is 0 Å². The number of nitrogens with two attached hydrogens (primary N) is 1. The zero-order valence-corrected chi connectivity index (χ0v) is 58.4. The highest BCUT2D eigenvalue weighted by atomic mass is 31.2. The SMILES string of the molecule is CC/C=C\C/C=C\C/C=C\C/C=C\C/C=C\C/C=C\C/C=C\C/C=C\CCCCCCCCCCCCCCCCCCC(=O)OC(COC(=O)CCCCCC/C=C\C/C=C\C/C=C\C/C=C\C/C=C\C/C=C\C/C=C\C/C=C\CC)COP(=O)(O)OCCN. The van der Waals surface area contributed by atoms with Crippen LogP contribution in [0.15, 0.2) is 194 Å². The normalized spacial score (nSPS) is 14.1. The zero-order chi connectivity index (χ0) is 65.8. The van der Waals surface area contributed by atoms with Gasteiger partial charge in [-0.2, -0.15) is 0 Å². The Hall–Kier alpha value is -5.15. The molecule has 0 aliphatic carbocycles. The Morgan fingerprint density at radius 2 is 0.571 bits per heavy atom. The van der Waals surface area contributed by atoms with Crippen molar-refractivity contribution in [3.63, 3.8) is 0 Å². The van der Waals surface area contributed by atoms with Crippen LogP contribution in [0.4, 0.5) is 0 Å². The fourth-order valence-corrected chi connectivity index (χ4v) is 10.0. The van der Waals surface area contributed by atoms with Crippen LogP contribution < -0.4 is 5.73 Å². The molecule has 0 saturated carbocycles. The minimum atomic E-state index is -4.41. The first-order valence-corrected chi connectivity index (χ1v) is 37.4. The number of hydrogen-bond donors (Lipinski definition) is 2. The van der Waals surface area contributed by atoms with Crippen molar-refractivity contribution in [1.29, 1.82) is 0 Å². The number of carbonyl (C=O) groups is 2. The van der Waals surface area contributed by atoms with Gasteiger partial charge in [0.15, 0.2) is 6.10 Å².